The van der Waals surface area contributed by atoms with Crippen LogP contribution >= 0.6 is 0 Å². The first kappa shape index (κ1) is 13.9. The van der Waals surface area contributed by atoms with E-state index in [1.807, 2.05) is 17.0 Å². The van der Waals surface area contributed by atoms with Crippen LogP contribution in [0.15, 0.2) is 35.0 Å². The maximum Gasteiger partial charge on any atom is 0.223 e. The van der Waals surface area contributed by atoms with Crippen LogP contribution in [0.2, 0.25) is 0 Å². The van der Waals surface area contributed by atoms with Crippen molar-refractivity contribution in [2.75, 3.05) is 20.3 Å². The number of nitrogens with zero attached hydrogens (tertiary/aromatic N) is 1. The number of rotatable bonds is 7. The van der Waals surface area contributed by atoms with Gasteiger partial charge in [0.25, 0.3) is 0 Å². The van der Waals surface area contributed by atoms with Crippen molar-refractivity contribution in [2.24, 2.45) is 5.92 Å². The lowest BCUT2D eigenvalue weighted by molar-refractivity contribution is -0.133. The zero-order valence-electron chi connectivity index (χ0n) is 11.4. The van der Waals surface area contributed by atoms with Crippen molar-refractivity contribution >= 4 is 5.91 Å². The van der Waals surface area contributed by atoms with Crippen molar-refractivity contribution in [3.8, 4) is 0 Å². The highest BCUT2D eigenvalue weighted by Gasteiger charge is 2.20. The summed E-state index contributed by atoms with van der Waals surface area (Å²) in [5, 5.41) is 0. The number of ether oxygens (including phenoxy) is 1. The second-order valence-electron chi connectivity index (χ2n) is 4.86. The van der Waals surface area contributed by atoms with Crippen molar-refractivity contribution in [3.63, 3.8) is 0 Å². The minimum absolute atomic E-state index is 0.171. The van der Waals surface area contributed by atoms with Crippen LogP contribution in [-0.2, 0) is 16.1 Å². The SMILES string of the molecule is COCCN(Cc1ccco1)C(=O)CC1C=CCC1. The quantitative estimate of drug-likeness (QED) is 0.710. The Kier molecular flexibility index (Phi) is 5.21. The van der Waals surface area contributed by atoms with Gasteiger partial charge in [-0.25, -0.2) is 0 Å². The van der Waals surface area contributed by atoms with Crippen LogP contribution in [0.5, 0.6) is 0 Å². The number of methoxy groups -OCH3 is 1. The molecule has 0 aliphatic heterocycles. The van der Waals surface area contributed by atoms with E-state index in [0.29, 0.717) is 32.0 Å². The van der Waals surface area contributed by atoms with Crippen molar-refractivity contribution in [3.05, 3.63) is 36.3 Å². The van der Waals surface area contributed by atoms with Crippen LogP contribution in [0.25, 0.3) is 0 Å². The first-order valence-corrected chi connectivity index (χ1v) is 6.75. The Balaban J connectivity index is 1.91. The van der Waals surface area contributed by atoms with Gasteiger partial charge in [-0.3, -0.25) is 4.79 Å². The lowest BCUT2D eigenvalue weighted by Crippen LogP contribution is -2.34. The molecule has 1 aromatic heterocycles. The molecule has 0 N–H and O–H groups in total. The lowest BCUT2D eigenvalue weighted by Gasteiger charge is -2.22. The Morgan fingerprint density at radius 2 is 2.47 bits per heavy atom. The van der Waals surface area contributed by atoms with Gasteiger partial charge >= 0.3 is 0 Å². The van der Waals surface area contributed by atoms with Crippen LogP contribution in [0.1, 0.15) is 25.0 Å². The van der Waals surface area contributed by atoms with E-state index < -0.39 is 0 Å². The van der Waals surface area contributed by atoms with Crippen LogP contribution in [0, 0.1) is 5.92 Å². The second kappa shape index (κ2) is 7.14. The molecule has 0 aromatic carbocycles. The molecule has 1 heterocycles. The van der Waals surface area contributed by atoms with Gasteiger partial charge in [0.05, 0.1) is 19.4 Å². The van der Waals surface area contributed by atoms with Gasteiger partial charge in [0.2, 0.25) is 5.91 Å². The zero-order valence-corrected chi connectivity index (χ0v) is 11.4. The topological polar surface area (TPSA) is 42.7 Å². The number of carbonyl (C=O) groups excluding carboxylic acids is 1. The molecular weight excluding hydrogens is 242 g/mol. The largest absolute Gasteiger partial charge is 0.467 e. The second-order valence-corrected chi connectivity index (χ2v) is 4.86. The maximum absolute atomic E-state index is 12.3. The number of amides is 1. The van der Waals surface area contributed by atoms with Crippen LogP contribution in [-0.4, -0.2) is 31.1 Å². The molecule has 0 saturated heterocycles. The van der Waals surface area contributed by atoms with Crippen molar-refractivity contribution < 1.29 is 13.9 Å². The fraction of sp³-hybridized carbons (Fsp3) is 0.533. The standard InChI is InChI=1S/C15H21NO3/c1-18-10-8-16(12-14-7-4-9-19-14)15(17)11-13-5-2-3-6-13/h2,4-5,7,9,13H,3,6,8,10-12H2,1H3. The van der Waals surface area contributed by atoms with E-state index in [0.717, 1.165) is 18.6 Å². The average molecular weight is 263 g/mol. The minimum Gasteiger partial charge on any atom is -0.467 e. The van der Waals surface area contributed by atoms with Gasteiger partial charge in [-0.15, -0.1) is 0 Å². The van der Waals surface area contributed by atoms with Gasteiger partial charge in [0, 0.05) is 20.1 Å². The predicted molar refractivity (Wildman–Crippen MR) is 72.5 cm³/mol. The zero-order chi connectivity index (χ0) is 13.5. The Bertz CT molecular complexity index is 411. The molecule has 4 heteroatoms. The normalized spacial score (nSPS) is 17.8. The van der Waals surface area contributed by atoms with Crippen LogP contribution in [0.4, 0.5) is 0 Å². The number of allylic oxidation sites excluding steroid dienone is 2. The molecular formula is C15H21NO3. The van der Waals surface area contributed by atoms with Crippen molar-refractivity contribution in [1.82, 2.24) is 4.90 Å². The summed E-state index contributed by atoms with van der Waals surface area (Å²) in [6.07, 6.45) is 8.71. The summed E-state index contributed by atoms with van der Waals surface area (Å²) in [6.45, 7) is 1.67. The molecule has 1 amide bonds. The molecule has 104 valence electrons. The summed E-state index contributed by atoms with van der Waals surface area (Å²) in [5.74, 6) is 1.38. The highest BCUT2D eigenvalue weighted by atomic mass is 16.5. The van der Waals surface area contributed by atoms with Gasteiger partial charge in [-0.05, 0) is 30.9 Å². The van der Waals surface area contributed by atoms with Crippen molar-refractivity contribution in [2.45, 2.75) is 25.8 Å². The molecule has 0 spiro atoms. The number of furan rings is 1. The first-order chi connectivity index (χ1) is 9.29. The fourth-order valence-electron chi connectivity index (χ4n) is 2.30. The van der Waals surface area contributed by atoms with E-state index in [1.54, 1.807) is 13.4 Å². The van der Waals surface area contributed by atoms with E-state index >= 15 is 0 Å². The van der Waals surface area contributed by atoms with Crippen LogP contribution in [0.3, 0.4) is 0 Å². The van der Waals surface area contributed by atoms with E-state index in [9.17, 15) is 4.79 Å². The Morgan fingerprint density at radius 3 is 3.11 bits per heavy atom. The summed E-state index contributed by atoms with van der Waals surface area (Å²) in [6, 6.07) is 3.73. The molecule has 1 aliphatic carbocycles. The molecule has 1 unspecified atom stereocenters. The summed E-state index contributed by atoms with van der Waals surface area (Å²) in [4.78, 5) is 14.1. The Hall–Kier alpha value is -1.55. The maximum atomic E-state index is 12.3. The first-order valence-electron chi connectivity index (χ1n) is 6.75. The highest BCUT2D eigenvalue weighted by molar-refractivity contribution is 5.76. The number of hydrogen-bond acceptors (Lipinski definition) is 3. The molecule has 19 heavy (non-hydrogen) atoms. The third-order valence-corrected chi connectivity index (χ3v) is 3.39. The summed E-state index contributed by atoms with van der Waals surface area (Å²) in [5.41, 5.74) is 0. The van der Waals surface area contributed by atoms with E-state index in [4.69, 9.17) is 9.15 Å². The van der Waals surface area contributed by atoms with Gasteiger partial charge in [-0.1, -0.05) is 12.2 Å². The van der Waals surface area contributed by atoms with E-state index in [-0.39, 0.29) is 5.91 Å². The van der Waals surface area contributed by atoms with Gasteiger partial charge in [-0.2, -0.15) is 0 Å². The number of carbonyl (C=O) groups is 1. The monoisotopic (exact) mass is 263 g/mol. The van der Waals surface area contributed by atoms with Gasteiger partial charge in [0.1, 0.15) is 5.76 Å². The molecule has 0 fully saturated rings. The molecule has 1 aromatic rings. The summed E-state index contributed by atoms with van der Waals surface area (Å²) < 4.78 is 10.4. The van der Waals surface area contributed by atoms with Crippen molar-refractivity contribution in [1.29, 1.82) is 0 Å². The molecule has 0 radical (unpaired) electrons. The van der Waals surface area contributed by atoms with Gasteiger partial charge in [0.15, 0.2) is 0 Å². The van der Waals surface area contributed by atoms with E-state index in [2.05, 4.69) is 12.2 Å². The Labute approximate surface area is 114 Å². The van der Waals surface area contributed by atoms with Gasteiger partial charge < -0.3 is 14.1 Å². The van der Waals surface area contributed by atoms with E-state index in [1.165, 1.54) is 0 Å². The molecule has 4 nitrogen and oxygen atoms in total. The predicted octanol–water partition coefficient (Wildman–Crippen LogP) is 2.61. The molecule has 1 atom stereocenters. The summed E-state index contributed by atoms with van der Waals surface area (Å²) >= 11 is 0. The molecule has 1 aliphatic rings. The molecule has 0 bridgehead atoms. The molecule has 0 saturated carbocycles. The fourth-order valence-corrected chi connectivity index (χ4v) is 2.30. The summed E-state index contributed by atoms with van der Waals surface area (Å²) in [7, 11) is 1.65. The molecule has 2 rings (SSSR count). The third-order valence-electron chi connectivity index (χ3n) is 3.39. The Morgan fingerprint density at radius 1 is 1.58 bits per heavy atom. The van der Waals surface area contributed by atoms with Crippen LogP contribution < -0.4 is 0 Å². The third kappa shape index (κ3) is 4.24. The smallest absolute Gasteiger partial charge is 0.223 e. The lowest BCUT2D eigenvalue weighted by atomic mass is 10.0. The number of hydrogen-bond donors (Lipinski definition) is 0. The highest BCUT2D eigenvalue weighted by Crippen LogP contribution is 2.21. The average Bonchev–Trinajstić information content (AvgIpc) is 3.07. The minimum atomic E-state index is 0.171.